The lowest BCUT2D eigenvalue weighted by atomic mass is 9.98. The Morgan fingerprint density at radius 2 is 1.94 bits per heavy atom. The molecule has 3 aromatic rings. The summed E-state index contributed by atoms with van der Waals surface area (Å²) in [6.45, 7) is 4.37. The third-order valence-corrected chi connectivity index (χ3v) is 5.03. The Bertz CT molecular complexity index is 1100. The number of nitrogens with zero attached hydrogens (tertiary/aromatic N) is 2. The number of aryl methyl sites for hydroxylation is 1. The van der Waals surface area contributed by atoms with Crippen molar-refractivity contribution >= 4 is 34.7 Å². The lowest BCUT2D eigenvalue weighted by molar-refractivity contribution is 0.0499. The number of oxime groups is 1. The quantitative estimate of drug-likeness (QED) is 0.149. The molecule has 2 aromatic carbocycles. The van der Waals surface area contributed by atoms with Gasteiger partial charge < -0.3 is 15.3 Å². The Hall–Kier alpha value is -3.38. The zero-order valence-electron chi connectivity index (χ0n) is 17.4. The Kier molecular flexibility index (Phi) is 7.62. The summed E-state index contributed by atoms with van der Waals surface area (Å²) >= 11 is 6.50. The van der Waals surface area contributed by atoms with E-state index in [0.717, 1.165) is 24.0 Å². The number of halogens is 1. The fourth-order valence-electron chi connectivity index (χ4n) is 3.06. The van der Waals surface area contributed by atoms with Crippen LogP contribution in [0.2, 0.25) is 5.02 Å². The molecule has 0 saturated heterocycles. The van der Waals surface area contributed by atoms with Gasteiger partial charge >= 0.3 is 5.97 Å². The highest BCUT2D eigenvalue weighted by Crippen LogP contribution is 2.27. The minimum Gasteiger partial charge on any atom is -0.462 e. The SMILES string of the molecule is CCCCOC(=O)c1cncc(Nc2ccc(/C(=N\O)c3ccccc3C)c(Cl)c2)c1. The Morgan fingerprint density at radius 1 is 1.13 bits per heavy atom. The van der Waals surface area contributed by atoms with E-state index in [2.05, 4.69) is 15.5 Å². The first kappa shape index (κ1) is 22.3. The number of hydrogen-bond donors (Lipinski definition) is 2. The van der Waals surface area contributed by atoms with Crippen LogP contribution in [-0.4, -0.2) is 28.5 Å². The first-order valence-electron chi connectivity index (χ1n) is 10.0. The number of nitrogens with one attached hydrogen (secondary N) is 1. The summed E-state index contributed by atoms with van der Waals surface area (Å²) in [5.74, 6) is -0.403. The smallest absolute Gasteiger partial charge is 0.339 e. The highest BCUT2D eigenvalue weighted by atomic mass is 35.5. The number of ether oxygens (including phenoxy) is 1. The largest absolute Gasteiger partial charge is 0.462 e. The van der Waals surface area contributed by atoms with Crippen LogP contribution in [0.25, 0.3) is 0 Å². The van der Waals surface area contributed by atoms with Crippen LogP contribution in [0, 0.1) is 6.92 Å². The van der Waals surface area contributed by atoms with Crippen molar-refractivity contribution in [2.24, 2.45) is 5.16 Å². The zero-order valence-corrected chi connectivity index (χ0v) is 18.2. The molecule has 0 bridgehead atoms. The van der Waals surface area contributed by atoms with E-state index in [0.29, 0.717) is 39.8 Å². The van der Waals surface area contributed by atoms with Crippen LogP contribution in [0.15, 0.2) is 66.1 Å². The van der Waals surface area contributed by atoms with Crippen LogP contribution in [0.1, 0.15) is 46.8 Å². The molecule has 0 atom stereocenters. The predicted octanol–water partition coefficient (Wildman–Crippen LogP) is 5.97. The molecule has 1 aromatic heterocycles. The fourth-order valence-corrected chi connectivity index (χ4v) is 3.33. The number of carbonyl (C=O) groups excluding carboxylic acids is 1. The first-order valence-corrected chi connectivity index (χ1v) is 10.4. The van der Waals surface area contributed by atoms with Crippen LogP contribution in [0.3, 0.4) is 0 Å². The van der Waals surface area contributed by atoms with Crippen LogP contribution < -0.4 is 5.32 Å². The van der Waals surface area contributed by atoms with E-state index < -0.39 is 5.97 Å². The van der Waals surface area contributed by atoms with Crippen LogP contribution in [-0.2, 0) is 4.74 Å². The number of hydrogen-bond acceptors (Lipinski definition) is 6. The molecular formula is C24H24ClN3O3. The standard InChI is InChI=1S/C24H24ClN3O3/c1-3-4-11-31-24(29)17-12-19(15-26-14-17)27-18-9-10-21(22(25)13-18)23(28-30)20-8-6-5-7-16(20)2/h5-10,12-15,27,30H,3-4,11H2,1-2H3/b28-23-. The van der Waals surface area contributed by atoms with Crippen LogP contribution >= 0.6 is 11.6 Å². The number of pyridine rings is 1. The zero-order chi connectivity index (χ0) is 22.2. The number of anilines is 2. The van der Waals surface area contributed by atoms with Crippen molar-refractivity contribution < 1.29 is 14.7 Å². The average molecular weight is 438 g/mol. The monoisotopic (exact) mass is 437 g/mol. The lowest BCUT2D eigenvalue weighted by Crippen LogP contribution is -2.08. The fraction of sp³-hybridized carbons (Fsp3) is 0.208. The summed E-state index contributed by atoms with van der Waals surface area (Å²) in [6, 6.07) is 14.6. The van der Waals surface area contributed by atoms with Crippen LogP contribution in [0.4, 0.5) is 11.4 Å². The molecule has 0 fully saturated rings. The Labute approximate surface area is 186 Å². The molecule has 2 N–H and O–H groups in total. The van der Waals surface area contributed by atoms with Crippen molar-refractivity contribution in [2.75, 3.05) is 11.9 Å². The molecular weight excluding hydrogens is 414 g/mol. The van der Waals surface area contributed by atoms with Crippen LogP contribution in [0.5, 0.6) is 0 Å². The highest BCUT2D eigenvalue weighted by Gasteiger charge is 2.15. The number of unbranched alkanes of at least 4 members (excludes halogenated alkanes) is 1. The molecule has 0 unspecified atom stereocenters. The van der Waals surface area contributed by atoms with Gasteiger partial charge in [-0.3, -0.25) is 4.98 Å². The molecule has 0 aliphatic carbocycles. The van der Waals surface area contributed by atoms with E-state index in [1.54, 1.807) is 24.4 Å². The molecule has 0 aliphatic rings. The number of benzene rings is 2. The van der Waals surface area contributed by atoms with Gasteiger partial charge in [-0.05, 0) is 43.2 Å². The minimum absolute atomic E-state index is 0.373. The van der Waals surface area contributed by atoms with Crippen molar-refractivity contribution in [3.05, 3.63) is 88.2 Å². The van der Waals surface area contributed by atoms with Crippen molar-refractivity contribution in [1.29, 1.82) is 0 Å². The van der Waals surface area contributed by atoms with E-state index in [1.807, 2.05) is 44.2 Å². The van der Waals surface area contributed by atoms with Crippen molar-refractivity contribution in [1.82, 2.24) is 4.98 Å². The molecule has 0 amide bonds. The van der Waals surface area contributed by atoms with Gasteiger partial charge in [0, 0.05) is 23.0 Å². The van der Waals surface area contributed by atoms with Gasteiger partial charge in [0.2, 0.25) is 0 Å². The second-order valence-electron chi connectivity index (χ2n) is 7.03. The number of carbonyl (C=O) groups is 1. The van der Waals surface area contributed by atoms with Gasteiger partial charge in [0.25, 0.3) is 0 Å². The number of rotatable bonds is 8. The van der Waals surface area contributed by atoms with Crippen molar-refractivity contribution in [3.8, 4) is 0 Å². The summed E-state index contributed by atoms with van der Waals surface area (Å²) in [4.78, 5) is 16.3. The average Bonchev–Trinajstić information content (AvgIpc) is 2.77. The predicted molar refractivity (Wildman–Crippen MR) is 123 cm³/mol. The molecule has 0 saturated carbocycles. The summed E-state index contributed by atoms with van der Waals surface area (Å²) in [6.07, 6.45) is 4.86. The second-order valence-corrected chi connectivity index (χ2v) is 7.44. The summed E-state index contributed by atoms with van der Waals surface area (Å²) in [5.41, 5.74) is 4.48. The van der Waals surface area contributed by atoms with E-state index in [-0.39, 0.29) is 0 Å². The van der Waals surface area contributed by atoms with Gasteiger partial charge in [-0.25, -0.2) is 4.79 Å². The minimum atomic E-state index is -0.403. The number of esters is 1. The van der Waals surface area contributed by atoms with Crippen molar-refractivity contribution in [2.45, 2.75) is 26.7 Å². The molecule has 0 radical (unpaired) electrons. The van der Waals surface area contributed by atoms with E-state index in [4.69, 9.17) is 16.3 Å². The first-order chi connectivity index (χ1) is 15.0. The number of aromatic nitrogens is 1. The maximum Gasteiger partial charge on any atom is 0.339 e. The third-order valence-electron chi connectivity index (χ3n) is 4.72. The van der Waals surface area contributed by atoms with Gasteiger partial charge in [-0.1, -0.05) is 54.4 Å². The van der Waals surface area contributed by atoms with E-state index >= 15 is 0 Å². The maximum atomic E-state index is 12.1. The summed E-state index contributed by atoms with van der Waals surface area (Å²) in [7, 11) is 0. The topological polar surface area (TPSA) is 83.8 Å². The maximum absolute atomic E-state index is 12.1. The molecule has 160 valence electrons. The lowest BCUT2D eigenvalue weighted by Gasteiger charge is -2.12. The molecule has 3 rings (SSSR count). The van der Waals surface area contributed by atoms with E-state index in [9.17, 15) is 10.0 Å². The Morgan fingerprint density at radius 3 is 2.65 bits per heavy atom. The molecule has 7 heteroatoms. The Balaban J connectivity index is 1.79. The molecule has 0 spiro atoms. The summed E-state index contributed by atoms with van der Waals surface area (Å²) in [5, 5.41) is 16.7. The molecule has 6 nitrogen and oxygen atoms in total. The van der Waals surface area contributed by atoms with E-state index in [1.165, 1.54) is 6.20 Å². The van der Waals surface area contributed by atoms with Gasteiger partial charge in [-0.2, -0.15) is 0 Å². The normalized spacial score (nSPS) is 11.3. The van der Waals surface area contributed by atoms with Gasteiger partial charge in [0.05, 0.1) is 29.1 Å². The molecule has 31 heavy (non-hydrogen) atoms. The van der Waals surface area contributed by atoms with Gasteiger partial charge in [0.15, 0.2) is 0 Å². The van der Waals surface area contributed by atoms with Gasteiger partial charge in [0.1, 0.15) is 5.71 Å². The second kappa shape index (κ2) is 10.6. The van der Waals surface area contributed by atoms with Crippen molar-refractivity contribution in [3.63, 3.8) is 0 Å². The van der Waals surface area contributed by atoms with Gasteiger partial charge in [-0.15, -0.1) is 0 Å². The third kappa shape index (κ3) is 5.61. The molecule has 0 aliphatic heterocycles. The highest BCUT2D eigenvalue weighted by molar-refractivity contribution is 6.35. The molecule has 1 heterocycles. The summed E-state index contributed by atoms with van der Waals surface area (Å²) < 4.78 is 5.23.